The van der Waals surface area contributed by atoms with Crippen LogP contribution in [-0.4, -0.2) is 24.7 Å². The molecule has 5 heteroatoms. The molecule has 4 nitrogen and oxygen atoms in total. The van der Waals surface area contributed by atoms with Gasteiger partial charge in [0.1, 0.15) is 12.3 Å². The normalized spacial score (nSPS) is 16.5. The van der Waals surface area contributed by atoms with Gasteiger partial charge >= 0.3 is 0 Å². The number of amides is 1. The van der Waals surface area contributed by atoms with Crippen molar-refractivity contribution in [3.8, 4) is 5.75 Å². The lowest BCUT2D eigenvalue weighted by molar-refractivity contribution is -0.976. The molecular weight excluding hydrogens is 348 g/mol. The number of fused-ring (bicyclic) bond motifs is 1. The quantitative estimate of drug-likeness (QED) is 0.865. The van der Waals surface area contributed by atoms with Gasteiger partial charge in [-0.05, 0) is 69.2 Å². The van der Waals surface area contributed by atoms with Crippen LogP contribution in [0.2, 0.25) is 5.02 Å². The van der Waals surface area contributed by atoms with Gasteiger partial charge < -0.3 is 10.1 Å². The molecule has 0 fully saturated rings. The molecule has 0 aliphatic carbocycles. The molecule has 0 saturated heterocycles. The smallest absolute Gasteiger partial charge is 0.251 e. The van der Waals surface area contributed by atoms with Crippen molar-refractivity contribution in [2.75, 3.05) is 13.3 Å². The number of quaternary nitrogens is 1. The van der Waals surface area contributed by atoms with Crippen molar-refractivity contribution in [2.24, 2.45) is 0 Å². The molecule has 3 rings (SSSR count). The Balaban J connectivity index is 1.58. The second-order valence-corrected chi connectivity index (χ2v) is 8.21. The number of carbonyl (C=O) groups excluding carboxylic acids is 1. The van der Waals surface area contributed by atoms with Crippen LogP contribution in [0.5, 0.6) is 5.75 Å². The van der Waals surface area contributed by atoms with Gasteiger partial charge in [0.2, 0.25) is 6.73 Å². The van der Waals surface area contributed by atoms with Crippen molar-refractivity contribution in [3.05, 3.63) is 64.2 Å². The van der Waals surface area contributed by atoms with E-state index < -0.39 is 0 Å². The third kappa shape index (κ3) is 4.57. The van der Waals surface area contributed by atoms with Gasteiger partial charge in [-0.1, -0.05) is 17.7 Å². The van der Waals surface area contributed by atoms with Crippen molar-refractivity contribution in [1.29, 1.82) is 0 Å². The van der Waals surface area contributed by atoms with E-state index in [9.17, 15) is 4.79 Å². The molecule has 26 heavy (non-hydrogen) atoms. The Labute approximate surface area is 160 Å². The van der Waals surface area contributed by atoms with Gasteiger partial charge in [0, 0.05) is 22.7 Å². The van der Waals surface area contributed by atoms with E-state index in [2.05, 4.69) is 38.2 Å². The van der Waals surface area contributed by atoms with Crippen LogP contribution in [-0.2, 0) is 13.0 Å². The molecule has 1 atom stereocenters. The first-order chi connectivity index (χ1) is 12.3. The summed E-state index contributed by atoms with van der Waals surface area (Å²) in [7, 11) is 0. The second-order valence-electron chi connectivity index (χ2n) is 7.77. The van der Waals surface area contributed by atoms with Crippen molar-refractivity contribution in [2.45, 2.75) is 39.3 Å². The summed E-state index contributed by atoms with van der Waals surface area (Å²) in [5.74, 6) is 0.901. The molecule has 0 spiro atoms. The number of nitrogens with one attached hydrogen (secondary N) is 2. The molecule has 1 aliphatic rings. The van der Waals surface area contributed by atoms with Crippen LogP contribution < -0.4 is 15.0 Å². The highest BCUT2D eigenvalue weighted by Gasteiger charge is 2.30. The lowest BCUT2D eigenvalue weighted by atomic mass is 10.0. The van der Waals surface area contributed by atoms with Gasteiger partial charge in [-0.25, -0.2) is 0 Å². The average Bonchev–Trinajstić information content (AvgIpc) is 2.61. The highest BCUT2D eigenvalue weighted by atomic mass is 35.5. The SMILES string of the molecule is CC(C)(C)[NH+]1COc2ccc(CCNC(=O)c3ccc(Cl)cc3)cc2C1. The monoisotopic (exact) mass is 373 g/mol. The summed E-state index contributed by atoms with van der Waals surface area (Å²) in [6.45, 7) is 8.94. The van der Waals surface area contributed by atoms with E-state index in [-0.39, 0.29) is 11.4 Å². The topological polar surface area (TPSA) is 42.8 Å². The van der Waals surface area contributed by atoms with Crippen LogP contribution in [0.25, 0.3) is 0 Å². The largest absolute Gasteiger partial charge is 0.445 e. The first-order valence-corrected chi connectivity index (χ1v) is 9.34. The van der Waals surface area contributed by atoms with Gasteiger partial charge in [-0.2, -0.15) is 0 Å². The highest BCUT2D eigenvalue weighted by molar-refractivity contribution is 6.30. The summed E-state index contributed by atoms with van der Waals surface area (Å²) >= 11 is 5.85. The minimum Gasteiger partial charge on any atom is -0.445 e. The number of hydrogen-bond acceptors (Lipinski definition) is 2. The molecule has 2 aromatic carbocycles. The van der Waals surface area contributed by atoms with E-state index in [0.717, 1.165) is 18.7 Å². The minimum absolute atomic E-state index is 0.0775. The molecule has 1 heterocycles. The maximum absolute atomic E-state index is 12.2. The Morgan fingerprint density at radius 2 is 1.92 bits per heavy atom. The number of benzene rings is 2. The molecule has 1 unspecified atom stereocenters. The summed E-state index contributed by atoms with van der Waals surface area (Å²) < 4.78 is 5.91. The van der Waals surface area contributed by atoms with Gasteiger partial charge in [-0.3, -0.25) is 9.69 Å². The van der Waals surface area contributed by atoms with E-state index in [1.54, 1.807) is 24.3 Å². The molecule has 0 saturated carbocycles. The zero-order valence-electron chi connectivity index (χ0n) is 15.6. The first kappa shape index (κ1) is 18.7. The van der Waals surface area contributed by atoms with E-state index in [0.29, 0.717) is 23.9 Å². The summed E-state index contributed by atoms with van der Waals surface area (Å²) in [5.41, 5.74) is 3.22. The number of halogens is 1. The number of ether oxygens (including phenoxy) is 1. The molecular formula is C21H26ClN2O2+. The van der Waals surface area contributed by atoms with E-state index in [4.69, 9.17) is 16.3 Å². The molecule has 138 valence electrons. The Bertz CT molecular complexity index is 782. The fourth-order valence-corrected chi connectivity index (χ4v) is 3.14. The van der Waals surface area contributed by atoms with Crippen molar-refractivity contribution in [1.82, 2.24) is 5.32 Å². The number of rotatable bonds is 4. The van der Waals surface area contributed by atoms with Crippen LogP contribution in [0.3, 0.4) is 0 Å². The van der Waals surface area contributed by atoms with Gasteiger partial charge in [0.05, 0.1) is 5.54 Å². The fraction of sp³-hybridized carbons (Fsp3) is 0.381. The van der Waals surface area contributed by atoms with Crippen LogP contribution >= 0.6 is 11.6 Å². The lowest BCUT2D eigenvalue weighted by Gasteiger charge is -2.35. The standard InChI is InChI=1S/C21H25ClN2O2/c1-21(2,3)24-13-17-12-15(4-9-19(17)26-14-24)10-11-23-20(25)16-5-7-18(22)8-6-16/h4-9,12H,10-11,13-14H2,1-3H3,(H,23,25)/p+1. The summed E-state index contributed by atoms with van der Waals surface area (Å²) in [5, 5.41) is 3.59. The molecule has 0 radical (unpaired) electrons. The predicted molar refractivity (Wildman–Crippen MR) is 104 cm³/mol. The third-order valence-electron chi connectivity index (χ3n) is 4.80. The van der Waals surface area contributed by atoms with Gasteiger partial charge in [-0.15, -0.1) is 0 Å². The third-order valence-corrected chi connectivity index (χ3v) is 5.05. The van der Waals surface area contributed by atoms with E-state index in [1.807, 2.05) is 6.07 Å². The van der Waals surface area contributed by atoms with Crippen molar-refractivity contribution < 1.29 is 14.4 Å². The maximum atomic E-state index is 12.2. The van der Waals surface area contributed by atoms with Crippen molar-refractivity contribution >= 4 is 17.5 Å². The maximum Gasteiger partial charge on any atom is 0.251 e. The number of carbonyl (C=O) groups is 1. The average molecular weight is 374 g/mol. The van der Waals surface area contributed by atoms with Crippen LogP contribution in [0.4, 0.5) is 0 Å². The summed E-state index contributed by atoms with van der Waals surface area (Å²) in [6.07, 6.45) is 0.789. The Hall–Kier alpha value is -2.04. The zero-order valence-corrected chi connectivity index (χ0v) is 16.3. The second kappa shape index (κ2) is 7.68. The number of hydrogen-bond donors (Lipinski definition) is 2. The predicted octanol–water partition coefficient (Wildman–Crippen LogP) is 2.85. The zero-order chi connectivity index (χ0) is 18.7. The Morgan fingerprint density at radius 1 is 1.19 bits per heavy atom. The van der Waals surface area contributed by atoms with Crippen molar-refractivity contribution in [3.63, 3.8) is 0 Å². The summed E-state index contributed by atoms with van der Waals surface area (Å²) in [4.78, 5) is 13.6. The lowest BCUT2D eigenvalue weighted by Crippen LogP contribution is -3.19. The van der Waals surface area contributed by atoms with Gasteiger partial charge in [0.25, 0.3) is 5.91 Å². The minimum atomic E-state index is -0.0775. The van der Waals surface area contributed by atoms with Crippen LogP contribution in [0.15, 0.2) is 42.5 Å². The fourth-order valence-electron chi connectivity index (χ4n) is 3.02. The summed E-state index contributed by atoms with van der Waals surface area (Å²) in [6, 6.07) is 13.2. The Kier molecular flexibility index (Phi) is 5.54. The van der Waals surface area contributed by atoms with Crippen LogP contribution in [0, 0.1) is 0 Å². The van der Waals surface area contributed by atoms with E-state index in [1.165, 1.54) is 16.0 Å². The highest BCUT2D eigenvalue weighted by Crippen LogP contribution is 2.22. The first-order valence-electron chi connectivity index (χ1n) is 8.96. The molecule has 1 amide bonds. The molecule has 0 bridgehead atoms. The van der Waals surface area contributed by atoms with E-state index >= 15 is 0 Å². The molecule has 1 aliphatic heterocycles. The molecule has 2 N–H and O–H groups in total. The van der Waals surface area contributed by atoms with Gasteiger partial charge in [0.15, 0.2) is 0 Å². The molecule has 0 aromatic heterocycles. The molecule has 2 aromatic rings. The van der Waals surface area contributed by atoms with Crippen LogP contribution in [0.1, 0.15) is 42.3 Å². The Morgan fingerprint density at radius 3 is 2.62 bits per heavy atom.